The number of amides is 1. The number of nitrogens with zero attached hydrogens (tertiary/aromatic N) is 1. The first-order valence-corrected chi connectivity index (χ1v) is 6.86. The zero-order valence-electron chi connectivity index (χ0n) is 10.1. The van der Waals surface area contributed by atoms with Gasteiger partial charge < -0.3 is 15.4 Å². The third kappa shape index (κ3) is 2.68. The molecule has 0 fully saturated rings. The van der Waals surface area contributed by atoms with E-state index in [4.69, 9.17) is 4.74 Å². The van der Waals surface area contributed by atoms with E-state index >= 15 is 0 Å². The molecule has 2 heterocycles. The minimum Gasteiger partial charge on any atom is -0.477 e. The number of carbonyl (C=O) groups excluding carboxylic acids is 1. The molecular weight excluding hydrogens is 262 g/mol. The van der Waals surface area contributed by atoms with E-state index < -0.39 is 6.10 Å². The summed E-state index contributed by atoms with van der Waals surface area (Å²) in [5.74, 6) is 0.584. The highest BCUT2D eigenvalue weighted by Crippen LogP contribution is 2.28. The molecule has 0 bridgehead atoms. The van der Waals surface area contributed by atoms with Gasteiger partial charge in [0.25, 0.3) is 5.91 Å². The Balaban J connectivity index is 1.60. The van der Waals surface area contributed by atoms with Crippen LogP contribution in [-0.4, -0.2) is 23.5 Å². The third-order valence-electron chi connectivity index (χ3n) is 2.82. The molecule has 0 saturated heterocycles. The lowest BCUT2D eigenvalue weighted by Gasteiger charge is -2.26. The van der Waals surface area contributed by atoms with Crippen molar-refractivity contribution in [3.8, 4) is 5.75 Å². The van der Waals surface area contributed by atoms with E-state index in [1.807, 2.05) is 29.6 Å². The summed E-state index contributed by atoms with van der Waals surface area (Å²) in [6.45, 7) is 0.915. The molecule has 2 aromatic rings. The lowest BCUT2D eigenvalue weighted by molar-refractivity contribution is -0.127. The van der Waals surface area contributed by atoms with Crippen molar-refractivity contribution in [2.24, 2.45) is 0 Å². The highest BCUT2D eigenvalue weighted by Gasteiger charge is 2.25. The van der Waals surface area contributed by atoms with Crippen LogP contribution in [0.1, 0.15) is 5.01 Å². The molecule has 1 amide bonds. The summed E-state index contributed by atoms with van der Waals surface area (Å²) < 4.78 is 5.67. The van der Waals surface area contributed by atoms with E-state index in [-0.39, 0.29) is 5.91 Å². The SMILES string of the molecule is O=C(NCc1nccs1)C1CNc2ccccc2O1. The number of benzene rings is 1. The number of nitrogens with one attached hydrogen (secondary N) is 2. The first kappa shape index (κ1) is 12.0. The van der Waals surface area contributed by atoms with Crippen molar-refractivity contribution in [3.63, 3.8) is 0 Å². The molecule has 0 saturated carbocycles. The Morgan fingerprint density at radius 2 is 2.42 bits per heavy atom. The van der Waals surface area contributed by atoms with Crippen LogP contribution in [-0.2, 0) is 11.3 Å². The molecule has 1 atom stereocenters. The fourth-order valence-corrected chi connectivity index (χ4v) is 2.43. The van der Waals surface area contributed by atoms with Gasteiger partial charge >= 0.3 is 0 Å². The number of aromatic nitrogens is 1. The van der Waals surface area contributed by atoms with Crippen molar-refractivity contribution in [2.45, 2.75) is 12.6 Å². The largest absolute Gasteiger partial charge is 0.477 e. The number of hydrogen-bond acceptors (Lipinski definition) is 5. The molecule has 0 radical (unpaired) electrons. The van der Waals surface area contributed by atoms with Gasteiger partial charge in [0.1, 0.15) is 10.8 Å². The number of fused-ring (bicyclic) bond motifs is 1. The van der Waals surface area contributed by atoms with E-state index in [9.17, 15) is 4.79 Å². The van der Waals surface area contributed by atoms with Gasteiger partial charge in [0.05, 0.1) is 18.8 Å². The standard InChI is InChI=1S/C13H13N3O2S/c17-13(16-8-12-14-5-6-19-12)11-7-15-9-3-1-2-4-10(9)18-11/h1-6,11,15H,7-8H2,(H,16,17). The van der Waals surface area contributed by atoms with Crippen molar-refractivity contribution >= 4 is 22.9 Å². The summed E-state index contributed by atoms with van der Waals surface area (Å²) in [4.78, 5) is 16.1. The fraction of sp³-hybridized carbons (Fsp3) is 0.231. The first-order chi connectivity index (χ1) is 9.33. The zero-order valence-corrected chi connectivity index (χ0v) is 10.9. The Kier molecular flexibility index (Phi) is 3.33. The maximum Gasteiger partial charge on any atom is 0.263 e. The van der Waals surface area contributed by atoms with E-state index in [1.165, 1.54) is 11.3 Å². The summed E-state index contributed by atoms with van der Waals surface area (Å²) in [6, 6.07) is 7.59. The maximum atomic E-state index is 12.0. The number of para-hydroxylation sites is 2. The van der Waals surface area contributed by atoms with Gasteiger partial charge in [-0.15, -0.1) is 11.3 Å². The second-order valence-corrected chi connectivity index (χ2v) is 5.11. The van der Waals surface area contributed by atoms with Crippen LogP contribution in [0.4, 0.5) is 5.69 Å². The van der Waals surface area contributed by atoms with Crippen molar-refractivity contribution in [3.05, 3.63) is 40.8 Å². The number of hydrogen-bond donors (Lipinski definition) is 2. The van der Waals surface area contributed by atoms with Crippen molar-refractivity contribution in [1.29, 1.82) is 0 Å². The molecule has 0 aliphatic carbocycles. The molecular formula is C13H13N3O2S. The molecule has 1 aliphatic heterocycles. The highest BCUT2D eigenvalue weighted by molar-refractivity contribution is 7.09. The molecule has 19 heavy (non-hydrogen) atoms. The van der Waals surface area contributed by atoms with Gasteiger partial charge in [-0.1, -0.05) is 12.1 Å². The molecule has 3 rings (SSSR count). The first-order valence-electron chi connectivity index (χ1n) is 5.98. The predicted molar refractivity (Wildman–Crippen MR) is 73.3 cm³/mol. The maximum absolute atomic E-state index is 12.0. The molecule has 5 nitrogen and oxygen atoms in total. The van der Waals surface area contributed by atoms with Crippen LogP contribution in [0.15, 0.2) is 35.8 Å². The second kappa shape index (κ2) is 5.27. The minimum absolute atomic E-state index is 0.128. The summed E-state index contributed by atoms with van der Waals surface area (Å²) in [6.07, 6.45) is 1.22. The average Bonchev–Trinajstić information content (AvgIpc) is 2.97. The average molecular weight is 275 g/mol. The van der Waals surface area contributed by atoms with Crippen LogP contribution < -0.4 is 15.4 Å². The van der Waals surface area contributed by atoms with Gasteiger partial charge in [-0.2, -0.15) is 0 Å². The molecule has 0 spiro atoms. The van der Waals surface area contributed by atoms with Gasteiger partial charge in [-0.05, 0) is 12.1 Å². The van der Waals surface area contributed by atoms with Gasteiger partial charge in [-0.25, -0.2) is 4.98 Å². The van der Waals surface area contributed by atoms with E-state index in [1.54, 1.807) is 6.20 Å². The molecule has 1 aromatic carbocycles. The Bertz CT molecular complexity index is 571. The number of thiazole rings is 1. The normalized spacial score (nSPS) is 16.9. The van der Waals surface area contributed by atoms with Gasteiger partial charge in [0.2, 0.25) is 0 Å². The Morgan fingerprint density at radius 1 is 1.53 bits per heavy atom. The highest BCUT2D eigenvalue weighted by atomic mass is 32.1. The third-order valence-corrected chi connectivity index (χ3v) is 3.60. The topological polar surface area (TPSA) is 63.2 Å². The Morgan fingerprint density at radius 3 is 3.26 bits per heavy atom. The smallest absolute Gasteiger partial charge is 0.263 e. The quantitative estimate of drug-likeness (QED) is 0.893. The van der Waals surface area contributed by atoms with Crippen molar-refractivity contribution < 1.29 is 9.53 Å². The van der Waals surface area contributed by atoms with E-state index in [2.05, 4.69) is 15.6 Å². The van der Waals surface area contributed by atoms with E-state index in [0.717, 1.165) is 10.7 Å². The second-order valence-electron chi connectivity index (χ2n) is 4.13. The predicted octanol–water partition coefficient (Wildman–Crippen LogP) is 1.63. The van der Waals surface area contributed by atoms with Gasteiger partial charge in [0, 0.05) is 11.6 Å². The van der Waals surface area contributed by atoms with Gasteiger partial charge in [-0.3, -0.25) is 4.79 Å². The number of carbonyl (C=O) groups is 1. The van der Waals surface area contributed by atoms with Crippen LogP contribution in [0.2, 0.25) is 0 Å². The van der Waals surface area contributed by atoms with Crippen LogP contribution in [0, 0.1) is 0 Å². The molecule has 98 valence electrons. The van der Waals surface area contributed by atoms with Crippen molar-refractivity contribution in [1.82, 2.24) is 10.3 Å². The number of anilines is 1. The van der Waals surface area contributed by atoms with Crippen LogP contribution >= 0.6 is 11.3 Å². The van der Waals surface area contributed by atoms with Crippen LogP contribution in [0.3, 0.4) is 0 Å². The van der Waals surface area contributed by atoms with Crippen LogP contribution in [0.5, 0.6) is 5.75 Å². The monoisotopic (exact) mass is 275 g/mol. The summed E-state index contributed by atoms with van der Waals surface area (Å²) in [5, 5.41) is 8.79. The lowest BCUT2D eigenvalue weighted by Crippen LogP contribution is -2.44. The van der Waals surface area contributed by atoms with Crippen LogP contribution in [0.25, 0.3) is 0 Å². The minimum atomic E-state index is -0.505. The molecule has 2 N–H and O–H groups in total. The summed E-state index contributed by atoms with van der Waals surface area (Å²) >= 11 is 1.52. The molecule has 1 aliphatic rings. The number of ether oxygens (including phenoxy) is 1. The summed E-state index contributed by atoms with van der Waals surface area (Å²) in [7, 11) is 0. The van der Waals surface area contributed by atoms with E-state index in [0.29, 0.717) is 18.8 Å². The Hall–Kier alpha value is -2.08. The Labute approximate surface area is 114 Å². The molecule has 6 heteroatoms. The van der Waals surface area contributed by atoms with Gasteiger partial charge in [0.15, 0.2) is 6.10 Å². The molecule has 1 unspecified atom stereocenters. The fourth-order valence-electron chi connectivity index (χ4n) is 1.88. The summed E-state index contributed by atoms with van der Waals surface area (Å²) in [5.41, 5.74) is 0.923. The molecule has 1 aromatic heterocycles. The number of rotatable bonds is 3. The lowest BCUT2D eigenvalue weighted by atomic mass is 10.2. The van der Waals surface area contributed by atoms with Crippen molar-refractivity contribution in [2.75, 3.05) is 11.9 Å². The zero-order chi connectivity index (χ0) is 13.1.